The monoisotopic (exact) mass is 284 g/mol. The Hall–Kier alpha value is -2.44. The molecule has 0 amide bonds. The molecule has 0 aliphatic carbocycles. The molecule has 1 heterocycles. The quantitative estimate of drug-likeness (QED) is 0.670. The topological polar surface area (TPSA) is 54.1 Å². The standard InChI is InChI=1S/C13H11F3N2O2/c1-20-13(19)11-3-2-7(18-11)6-17-12-5-9(15)8(14)4-10(12)16/h2-5,17-18H,6H2,1H3. The Kier molecular flexibility index (Phi) is 3.97. The van der Waals surface area contributed by atoms with Crippen LogP contribution in [0.2, 0.25) is 0 Å². The number of ether oxygens (including phenoxy) is 1. The lowest BCUT2D eigenvalue weighted by Gasteiger charge is -2.07. The second kappa shape index (κ2) is 5.68. The summed E-state index contributed by atoms with van der Waals surface area (Å²) in [6, 6.07) is 4.29. The maximum absolute atomic E-state index is 13.4. The third-order valence-electron chi connectivity index (χ3n) is 2.63. The van der Waals surface area contributed by atoms with Crippen LogP contribution in [0.3, 0.4) is 0 Å². The highest BCUT2D eigenvalue weighted by Gasteiger charge is 2.11. The lowest BCUT2D eigenvalue weighted by Crippen LogP contribution is -2.05. The number of hydrogen-bond acceptors (Lipinski definition) is 3. The predicted octanol–water partition coefficient (Wildman–Crippen LogP) is 2.83. The Morgan fingerprint density at radius 3 is 2.60 bits per heavy atom. The SMILES string of the molecule is COC(=O)c1ccc(CNc2cc(F)c(F)cc2F)[nH]1. The molecule has 2 aromatic rings. The zero-order valence-electron chi connectivity index (χ0n) is 10.5. The van der Waals surface area contributed by atoms with Gasteiger partial charge in [0.15, 0.2) is 11.6 Å². The van der Waals surface area contributed by atoms with Gasteiger partial charge >= 0.3 is 5.97 Å². The second-order valence-corrected chi connectivity index (χ2v) is 3.99. The molecule has 0 bridgehead atoms. The molecule has 2 N–H and O–H groups in total. The summed E-state index contributed by atoms with van der Waals surface area (Å²) in [4.78, 5) is 14.0. The van der Waals surface area contributed by atoms with Crippen molar-refractivity contribution in [2.24, 2.45) is 0 Å². The van der Waals surface area contributed by atoms with Gasteiger partial charge in [-0.15, -0.1) is 0 Å². The zero-order chi connectivity index (χ0) is 14.7. The highest BCUT2D eigenvalue weighted by atomic mass is 19.2. The fraction of sp³-hybridized carbons (Fsp3) is 0.154. The summed E-state index contributed by atoms with van der Waals surface area (Å²) >= 11 is 0. The van der Waals surface area contributed by atoms with Gasteiger partial charge in [-0.1, -0.05) is 0 Å². The van der Waals surface area contributed by atoms with Crippen LogP contribution in [0.4, 0.5) is 18.9 Å². The molecule has 0 radical (unpaired) electrons. The van der Waals surface area contributed by atoms with Crippen molar-refractivity contribution in [1.29, 1.82) is 0 Å². The highest BCUT2D eigenvalue weighted by Crippen LogP contribution is 2.19. The number of methoxy groups -OCH3 is 1. The lowest BCUT2D eigenvalue weighted by atomic mass is 10.2. The average Bonchev–Trinajstić information content (AvgIpc) is 2.89. The van der Waals surface area contributed by atoms with Crippen molar-refractivity contribution >= 4 is 11.7 Å². The van der Waals surface area contributed by atoms with Crippen molar-refractivity contribution in [3.63, 3.8) is 0 Å². The van der Waals surface area contributed by atoms with Gasteiger partial charge in [-0.3, -0.25) is 0 Å². The Bertz CT molecular complexity index is 641. The van der Waals surface area contributed by atoms with E-state index in [4.69, 9.17) is 0 Å². The van der Waals surface area contributed by atoms with Crippen LogP contribution in [-0.2, 0) is 11.3 Å². The minimum absolute atomic E-state index is 0.110. The summed E-state index contributed by atoms with van der Waals surface area (Å²) in [6.07, 6.45) is 0. The molecule has 106 valence electrons. The van der Waals surface area contributed by atoms with Gasteiger partial charge in [-0.05, 0) is 12.1 Å². The molecule has 0 atom stereocenters. The van der Waals surface area contributed by atoms with Crippen LogP contribution in [0.25, 0.3) is 0 Å². The number of benzene rings is 1. The molecule has 2 rings (SSSR count). The fourth-order valence-electron chi connectivity index (χ4n) is 1.62. The van der Waals surface area contributed by atoms with Crippen LogP contribution in [0.15, 0.2) is 24.3 Å². The minimum atomic E-state index is -1.25. The van der Waals surface area contributed by atoms with Crippen molar-refractivity contribution in [3.8, 4) is 0 Å². The summed E-state index contributed by atoms with van der Waals surface area (Å²) in [5.74, 6) is -3.82. The third-order valence-corrected chi connectivity index (χ3v) is 2.63. The van der Waals surface area contributed by atoms with Crippen LogP contribution < -0.4 is 5.32 Å². The van der Waals surface area contributed by atoms with Gasteiger partial charge in [0.1, 0.15) is 11.5 Å². The number of aromatic amines is 1. The van der Waals surface area contributed by atoms with Gasteiger partial charge < -0.3 is 15.0 Å². The summed E-state index contributed by atoms with van der Waals surface area (Å²) in [5, 5.41) is 2.60. The number of hydrogen-bond donors (Lipinski definition) is 2. The van der Waals surface area contributed by atoms with Gasteiger partial charge in [0, 0.05) is 17.8 Å². The summed E-state index contributed by atoms with van der Waals surface area (Å²) in [6.45, 7) is 0.110. The first-order chi connectivity index (χ1) is 9.51. The number of H-pyrrole nitrogens is 1. The Labute approximate surface area is 112 Å². The normalized spacial score (nSPS) is 10.4. The zero-order valence-corrected chi connectivity index (χ0v) is 10.5. The van der Waals surface area contributed by atoms with Gasteiger partial charge in [0.05, 0.1) is 19.3 Å². The van der Waals surface area contributed by atoms with E-state index in [0.29, 0.717) is 11.8 Å². The van der Waals surface area contributed by atoms with Crippen molar-refractivity contribution in [3.05, 3.63) is 53.1 Å². The number of anilines is 1. The molecular weight excluding hydrogens is 273 g/mol. The van der Waals surface area contributed by atoms with Crippen molar-refractivity contribution in [1.82, 2.24) is 4.98 Å². The number of halogens is 3. The van der Waals surface area contributed by atoms with Gasteiger partial charge in [-0.25, -0.2) is 18.0 Å². The fourth-order valence-corrected chi connectivity index (χ4v) is 1.62. The van der Waals surface area contributed by atoms with E-state index in [1.807, 2.05) is 0 Å². The molecule has 0 unspecified atom stereocenters. The highest BCUT2D eigenvalue weighted by molar-refractivity contribution is 5.87. The first kappa shape index (κ1) is 14.0. The Balaban J connectivity index is 2.07. The Morgan fingerprint density at radius 1 is 1.20 bits per heavy atom. The number of rotatable bonds is 4. The Morgan fingerprint density at radius 2 is 1.90 bits per heavy atom. The maximum atomic E-state index is 13.4. The van der Waals surface area contributed by atoms with E-state index in [-0.39, 0.29) is 17.9 Å². The third kappa shape index (κ3) is 2.93. The second-order valence-electron chi connectivity index (χ2n) is 3.99. The molecule has 0 spiro atoms. The molecule has 20 heavy (non-hydrogen) atoms. The van der Waals surface area contributed by atoms with Crippen LogP contribution in [0, 0.1) is 17.5 Å². The van der Waals surface area contributed by atoms with E-state index in [0.717, 1.165) is 6.07 Å². The minimum Gasteiger partial charge on any atom is -0.464 e. The molecule has 0 fully saturated rings. The smallest absolute Gasteiger partial charge is 0.354 e. The van der Waals surface area contributed by atoms with Crippen molar-refractivity contribution < 1.29 is 22.7 Å². The number of carbonyl (C=O) groups is 1. The molecule has 4 nitrogen and oxygen atoms in total. The van der Waals surface area contributed by atoms with E-state index in [2.05, 4.69) is 15.0 Å². The lowest BCUT2D eigenvalue weighted by molar-refractivity contribution is 0.0594. The number of carbonyl (C=O) groups excluding carboxylic acids is 1. The molecule has 7 heteroatoms. The summed E-state index contributed by atoms with van der Waals surface area (Å²) in [5.41, 5.74) is 0.641. The van der Waals surface area contributed by atoms with Gasteiger partial charge in [0.2, 0.25) is 0 Å². The number of esters is 1. The molecule has 0 aliphatic heterocycles. The van der Waals surface area contributed by atoms with E-state index < -0.39 is 23.4 Å². The molecular formula is C13H11F3N2O2. The average molecular weight is 284 g/mol. The molecule has 0 saturated carbocycles. The molecule has 0 aliphatic rings. The van der Waals surface area contributed by atoms with E-state index >= 15 is 0 Å². The number of aromatic nitrogens is 1. The largest absolute Gasteiger partial charge is 0.464 e. The molecule has 0 saturated heterocycles. The van der Waals surface area contributed by atoms with E-state index in [1.165, 1.54) is 13.2 Å². The summed E-state index contributed by atoms with van der Waals surface area (Å²) < 4.78 is 43.6. The summed E-state index contributed by atoms with van der Waals surface area (Å²) in [7, 11) is 1.25. The predicted molar refractivity (Wildman–Crippen MR) is 65.8 cm³/mol. The molecule has 1 aromatic carbocycles. The van der Waals surface area contributed by atoms with Crippen LogP contribution in [0.1, 0.15) is 16.2 Å². The van der Waals surface area contributed by atoms with Crippen molar-refractivity contribution in [2.75, 3.05) is 12.4 Å². The van der Waals surface area contributed by atoms with Gasteiger partial charge in [-0.2, -0.15) is 0 Å². The molecule has 1 aromatic heterocycles. The van der Waals surface area contributed by atoms with E-state index in [1.54, 1.807) is 6.07 Å². The van der Waals surface area contributed by atoms with Crippen LogP contribution in [-0.4, -0.2) is 18.1 Å². The first-order valence-electron chi connectivity index (χ1n) is 5.66. The van der Waals surface area contributed by atoms with Crippen molar-refractivity contribution in [2.45, 2.75) is 6.54 Å². The van der Waals surface area contributed by atoms with Crippen LogP contribution in [0.5, 0.6) is 0 Å². The van der Waals surface area contributed by atoms with Crippen LogP contribution >= 0.6 is 0 Å². The number of nitrogens with one attached hydrogen (secondary N) is 2. The van der Waals surface area contributed by atoms with Gasteiger partial charge in [0.25, 0.3) is 0 Å². The first-order valence-corrected chi connectivity index (χ1v) is 5.66. The van der Waals surface area contributed by atoms with E-state index in [9.17, 15) is 18.0 Å². The maximum Gasteiger partial charge on any atom is 0.354 e.